The van der Waals surface area contributed by atoms with Crippen molar-refractivity contribution in [1.82, 2.24) is 4.90 Å². The molecule has 2 fully saturated rings. The normalized spacial score (nSPS) is 24.8. The fourth-order valence-electron chi connectivity index (χ4n) is 3.71. The van der Waals surface area contributed by atoms with Gasteiger partial charge in [-0.25, -0.2) is 4.79 Å². The van der Waals surface area contributed by atoms with Gasteiger partial charge in [-0.15, -0.1) is 0 Å². The highest BCUT2D eigenvalue weighted by Gasteiger charge is 2.33. The molecule has 2 saturated heterocycles. The molecule has 0 saturated carbocycles. The van der Waals surface area contributed by atoms with E-state index in [0.717, 1.165) is 6.42 Å². The fourth-order valence-corrected chi connectivity index (χ4v) is 4.20. The molecule has 0 spiro atoms. The monoisotopic (exact) mass is 356 g/mol. The van der Waals surface area contributed by atoms with Crippen LogP contribution in [0, 0.1) is 5.92 Å². The van der Waals surface area contributed by atoms with Crippen LogP contribution in [0.3, 0.4) is 0 Å². The van der Waals surface area contributed by atoms with Gasteiger partial charge in [0.1, 0.15) is 0 Å². The Morgan fingerprint density at radius 2 is 1.91 bits per heavy atom. The molecule has 4 nitrogen and oxygen atoms in total. The number of halogens is 2. The topological polar surface area (TPSA) is 41.6 Å². The summed E-state index contributed by atoms with van der Waals surface area (Å²) in [6, 6.07) is 5.67. The highest BCUT2D eigenvalue weighted by Crippen LogP contribution is 2.32. The molecular weight excluding hydrogens is 335 g/mol. The lowest BCUT2D eigenvalue weighted by molar-refractivity contribution is 0.0261. The third-order valence-electron chi connectivity index (χ3n) is 4.85. The number of hydrogen-bond donors (Lipinski definition) is 1. The van der Waals surface area contributed by atoms with Crippen LogP contribution in [0.4, 0.5) is 10.5 Å². The van der Waals surface area contributed by atoms with E-state index in [-0.39, 0.29) is 0 Å². The minimum Gasteiger partial charge on any atom is -0.449 e. The summed E-state index contributed by atoms with van der Waals surface area (Å²) in [4.78, 5) is 14.6. The van der Waals surface area contributed by atoms with E-state index >= 15 is 0 Å². The van der Waals surface area contributed by atoms with Crippen LogP contribution in [-0.2, 0) is 4.74 Å². The number of hydrogen-bond acceptors (Lipinski definition) is 3. The SMILES string of the molecule is O=C(Nc1c(Cl)cccc1Cl)OC[C@@H]1CCCN2CCCC[C@H]12. The third-order valence-corrected chi connectivity index (χ3v) is 5.48. The van der Waals surface area contributed by atoms with E-state index in [2.05, 4.69) is 10.2 Å². The van der Waals surface area contributed by atoms with Gasteiger partial charge in [-0.1, -0.05) is 35.7 Å². The van der Waals surface area contributed by atoms with Crippen LogP contribution in [0.2, 0.25) is 10.0 Å². The summed E-state index contributed by atoms with van der Waals surface area (Å²) in [6.45, 7) is 2.82. The maximum Gasteiger partial charge on any atom is 0.411 e. The first-order valence-corrected chi connectivity index (χ1v) is 9.02. The van der Waals surface area contributed by atoms with Crippen molar-refractivity contribution in [3.8, 4) is 0 Å². The van der Waals surface area contributed by atoms with E-state index in [1.54, 1.807) is 18.2 Å². The van der Waals surface area contributed by atoms with Gasteiger partial charge in [0.2, 0.25) is 0 Å². The van der Waals surface area contributed by atoms with Crippen LogP contribution in [0.5, 0.6) is 0 Å². The molecule has 0 aliphatic carbocycles. The number of para-hydroxylation sites is 1. The molecule has 23 heavy (non-hydrogen) atoms. The molecule has 0 bridgehead atoms. The van der Waals surface area contributed by atoms with Gasteiger partial charge in [-0.3, -0.25) is 10.2 Å². The Balaban J connectivity index is 1.54. The lowest BCUT2D eigenvalue weighted by atomic mass is 9.84. The van der Waals surface area contributed by atoms with Crippen molar-refractivity contribution < 1.29 is 9.53 Å². The van der Waals surface area contributed by atoms with Gasteiger partial charge in [-0.05, 0) is 50.9 Å². The first-order valence-electron chi connectivity index (χ1n) is 8.27. The van der Waals surface area contributed by atoms with E-state index < -0.39 is 6.09 Å². The van der Waals surface area contributed by atoms with E-state index in [1.165, 1.54) is 38.8 Å². The Morgan fingerprint density at radius 1 is 1.17 bits per heavy atom. The number of piperidine rings is 2. The number of fused-ring (bicyclic) bond motifs is 1. The lowest BCUT2D eigenvalue weighted by Gasteiger charge is -2.44. The van der Waals surface area contributed by atoms with E-state index in [1.807, 2.05) is 0 Å². The fraction of sp³-hybridized carbons (Fsp3) is 0.588. The predicted molar refractivity (Wildman–Crippen MR) is 93.4 cm³/mol. The maximum atomic E-state index is 12.1. The summed E-state index contributed by atoms with van der Waals surface area (Å²) in [5.74, 6) is 0.427. The average molecular weight is 357 g/mol. The van der Waals surface area contributed by atoms with Crippen molar-refractivity contribution in [3.05, 3.63) is 28.2 Å². The quantitative estimate of drug-likeness (QED) is 0.844. The number of amides is 1. The van der Waals surface area contributed by atoms with Crippen LogP contribution >= 0.6 is 23.2 Å². The second-order valence-corrected chi connectivity index (χ2v) is 7.14. The zero-order chi connectivity index (χ0) is 16.2. The van der Waals surface area contributed by atoms with Gasteiger partial charge in [0.05, 0.1) is 22.3 Å². The van der Waals surface area contributed by atoms with E-state index in [4.69, 9.17) is 27.9 Å². The molecule has 6 heteroatoms. The van der Waals surface area contributed by atoms with Crippen molar-refractivity contribution in [2.75, 3.05) is 25.0 Å². The second kappa shape index (κ2) is 7.73. The van der Waals surface area contributed by atoms with E-state index in [9.17, 15) is 4.79 Å². The van der Waals surface area contributed by atoms with Crippen molar-refractivity contribution >= 4 is 35.0 Å². The number of nitrogens with zero attached hydrogens (tertiary/aromatic N) is 1. The Hall–Kier alpha value is -0.970. The molecule has 126 valence electrons. The van der Waals surface area contributed by atoms with Crippen LogP contribution in [-0.4, -0.2) is 36.7 Å². The van der Waals surface area contributed by atoms with Crippen molar-refractivity contribution in [2.24, 2.45) is 5.92 Å². The number of rotatable bonds is 3. The van der Waals surface area contributed by atoms with Crippen LogP contribution < -0.4 is 5.32 Å². The average Bonchev–Trinajstić information content (AvgIpc) is 2.56. The molecule has 2 atom stereocenters. The van der Waals surface area contributed by atoms with Gasteiger partial charge in [0.25, 0.3) is 0 Å². The molecule has 1 aromatic rings. The molecule has 2 aliphatic heterocycles. The smallest absolute Gasteiger partial charge is 0.411 e. The molecule has 0 radical (unpaired) electrons. The van der Waals surface area contributed by atoms with Crippen LogP contribution in [0.15, 0.2) is 18.2 Å². The Labute approximate surface area is 147 Å². The summed E-state index contributed by atoms with van der Waals surface area (Å²) in [5.41, 5.74) is 0.406. The molecule has 1 N–H and O–H groups in total. The standard InChI is InChI=1S/C17H22Cl2N2O2/c18-13-6-3-7-14(19)16(13)20-17(22)23-11-12-5-4-10-21-9-2-1-8-15(12)21/h3,6-7,12,15H,1-2,4-5,8-11H2,(H,20,22)/t12-,15+/m0/s1. The summed E-state index contributed by atoms with van der Waals surface area (Å²) in [7, 11) is 0. The Kier molecular flexibility index (Phi) is 5.67. The Morgan fingerprint density at radius 3 is 2.70 bits per heavy atom. The minimum atomic E-state index is -0.493. The number of nitrogens with one attached hydrogen (secondary N) is 1. The van der Waals surface area contributed by atoms with Gasteiger partial charge < -0.3 is 4.74 Å². The van der Waals surface area contributed by atoms with Crippen molar-refractivity contribution in [3.63, 3.8) is 0 Å². The van der Waals surface area contributed by atoms with Crippen LogP contribution in [0.25, 0.3) is 0 Å². The third kappa shape index (κ3) is 4.11. The van der Waals surface area contributed by atoms with Crippen molar-refractivity contribution in [1.29, 1.82) is 0 Å². The summed E-state index contributed by atoms with van der Waals surface area (Å²) in [5, 5.41) is 3.47. The number of anilines is 1. The zero-order valence-electron chi connectivity index (χ0n) is 13.1. The minimum absolute atomic E-state index is 0.406. The first kappa shape index (κ1) is 16.9. The Bertz CT molecular complexity index is 545. The molecular formula is C17H22Cl2N2O2. The molecule has 1 amide bonds. The summed E-state index contributed by atoms with van der Waals surface area (Å²) < 4.78 is 5.45. The van der Waals surface area contributed by atoms with Gasteiger partial charge >= 0.3 is 6.09 Å². The number of ether oxygens (including phenoxy) is 1. The second-order valence-electron chi connectivity index (χ2n) is 6.32. The molecule has 3 rings (SSSR count). The molecule has 2 heterocycles. The number of carbonyl (C=O) groups is 1. The summed E-state index contributed by atoms with van der Waals surface area (Å²) in [6.07, 6.45) is 5.60. The first-order chi connectivity index (χ1) is 11.1. The van der Waals surface area contributed by atoms with Gasteiger partial charge in [0.15, 0.2) is 0 Å². The van der Waals surface area contributed by atoms with Crippen molar-refractivity contribution in [2.45, 2.75) is 38.1 Å². The number of benzene rings is 1. The van der Waals surface area contributed by atoms with Gasteiger partial charge in [0, 0.05) is 12.0 Å². The summed E-state index contributed by atoms with van der Waals surface area (Å²) >= 11 is 12.1. The molecule has 2 aliphatic rings. The number of carbonyl (C=O) groups excluding carboxylic acids is 1. The zero-order valence-corrected chi connectivity index (χ0v) is 14.6. The highest BCUT2D eigenvalue weighted by atomic mass is 35.5. The van der Waals surface area contributed by atoms with Gasteiger partial charge in [-0.2, -0.15) is 0 Å². The molecule has 0 aromatic heterocycles. The van der Waals surface area contributed by atoms with Crippen LogP contribution in [0.1, 0.15) is 32.1 Å². The highest BCUT2D eigenvalue weighted by molar-refractivity contribution is 6.39. The molecule has 0 unspecified atom stereocenters. The maximum absolute atomic E-state index is 12.1. The lowest BCUT2D eigenvalue weighted by Crippen LogP contribution is -2.49. The molecule has 1 aromatic carbocycles. The predicted octanol–water partition coefficient (Wildman–Crippen LogP) is 4.81. The largest absolute Gasteiger partial charge is 0.449 e. The van der Waals surface area contributed by atoms with E-state index in [0.29, 0.717) is 34.3 Å².